The predicted octanol–water partition coefficient (Wildman–Crippen LogP) is 5.34. The topological polar surface area (TPSA) is 29.5 Å². The Hall–Kier alpha value is -0.290. The Morgan fingerprint density at radius 2 is 1.58 bits per heavy atom. The van der Waals surface area contributed by atoms with Gasteiger partial charge in [0, 0.05) is 7.11 Å². The van der Waals surface area contributed by atoms with Crippen LogP contribution in [0.25, 0.3) is 0 Å². The monoisotopic (exact) mass is 374 g/mol. The van der Waals surface area contributed by atoms with Crippen molar-refractivity contribution in [1.82, 2.24) is 0 Å². The number of aliphatic hydroxyl groups is 1. The van der Waals surface area contributed by atoms with E-state index in [1.165, 1.54) is 6.42 Å². The van der Waals surface area contributed by atoms with Crippen molar-refractivity contribution in [1.29, 1.82) is 0 Å². The summed E-state index contributed by atoms with van der Waals surface area (Å²) in [5, 5.41) is 10.3. The molecule has 0 aromatic heterocycles. The molecule has 0 spiro atoms. The minimum atomic E-state index is -4.51. The van der Waals surface area contributed by atoms with E-state index in [4.69, 9.17) is 4.74 Å². The number of halogens is 3. The molecule has 0 radical (unpaired) electrons. The van der Waals surface area contributed by atoms with E-state index in [2.05, 4.69) is 13.8 Å². The molecule has 150 valence electrons. The fraction of sp³-hybridized carbons (Fsp3) is 1.00. The molecule has 5 heteroatoms. The molecule has 0 bridgehead atoms. The molecule has 0 heterocycles. The van der Waals surface area contributed by atoms with Gasteiger partial charge < -0.3 is 9.84 Å². The van der Waals surface area contributed by atoms with Gasteiger partial charge in [0.15, 0.2) is 5.60 Å². The maximum Gasteiger partial charge on any atom is 0.417 e. The zero-order valence-corrected chi connectivity index (χ0v) is 16.2. The second kappa shape index (κ2) is 5.85. The Morgan fingerprint density at radius 3 is 2.23 bits per heavy atom. The van der Waals surface area contributed by atoms with E-state index in [1.807, 2.05) is 7.11 Å². The summed E-state index contributed by atoms with van der Waals surface area (Å²) in [6, 6.07) is 0. The summed E-state index contributed by atoms with van der Waals surface area (Å²) in [6.45, 7) is 4.61. The summed E-state index contributed by atoms with van der Waals surface area (Å²) in [6.07, 6.45) is 2.51. The first-order valence-corrected chi connectivity index (χ1v) is 10.4. The number of rotatable bonds is 1. The summed E-state index contributed by atoms with van der Waals surface area (Å²) >= 11 is 0. The standard InChI is InChI=1S/C21H33F3O2/c1-18-10-11-20(25,21(22,23)24)12-13(18)4-5-14-15-6-7-17(26-3)19(15,2)9-8-16(14)18/h13-17,25H,4-12H2,1-3H3/t13?,14?,15?,16?,17-,18-,19-,20+/m0/s1. The van der Waals surface area contributed by atoms with Gasteiger partial charge in [0.05, 0.1) is 6.10 Å². The van der Waals surface area contributed by atoms with Crippen molar-refractivity contribution < 1.29 is 23.0 Å². The van der Waals surface area contributed by atoms with Gasteiger partial charge in [-0.3, -0.25) is 0 Å². The predicted molar refractivity (Wildman–Crippen MR) is 93.5 cm³/mol. The third-order valence-corrected chi connectivity index (χ3v) is 9.45. The van der Waals surface area contributed by atoms with Gasteiger partial charge in [-0.05, 0) is 92.3 Å². The zero-order valence-electron chi connectivity index (χ0n) is 16.2. The van der Waals surface area contributed by atoms with Crippen molar-refractivity contribution in [3.05, 3.63) is 0 Å². The molecule has 26 heavy (non-hydrogen) atoms. The highest BCUT2D eigenvalue weighted by atomic mass is 19.4. The Morgan fingerprint density at radius 1 is 0.885 bits per heavy atom. The molecule has 0 aliphatic heterocycles. The molecule has 0 aromatic carbocycles. The van der Waals surface area contributed by atoms with Crippen LogP contribution in [0.15, 0.2) is 0 Å². The molecule has 1 N–H and O–H groups in total. The van der Waals surface area contributed by atoms with Crippen LogP contribution in [0.3, 0.4) is 0 Å². The van der Waals surface area contributed by atoms with Crippen LogP contribution < -0.4 is 0 Å². The number of hydrogen-bond acceptors (Lipinski definition) is 2. The van der Waals surface area contributed by atoms with Gasteiger partial charge in [-0.25, -0.2) is 0 Å². The average molecular weight is 374 g/mol. The van der Waals surface area contributed by atoms with Crippen LogP contribution in [0.2, 0.25) is 0 Å². The van der Waals surface area contributed by atoms with Crippen LogP contribution in [0, 0.1) is 34.5 Å². The van der Waals surface area contributed by atoms with Crippen molar-refractivity contribution in [2.75, 3.05) is 7.11 Å². The molecule has 0 saturated heterocycles. The fourth-order valence-electron chi connectivity index (χ4n) is 7.84. The second-order valence-electron chi connectivity index (χ2n) is 10.2. The maximum absolute atomic E-state index is 13.4. The Labute approximate surface area is 154 Å². The van der Waals surface area contributed by atoms with E-state index in [0.717, 1.165) is 32.1 Å². The highest BCUT2D eigenvalue weighted by Gasteiger charge is 2.65. The summed E-state index contributed by atoms with van der Waals surface area (Å²) in [5.74, 6) is 1.76. The molecular formula is C21H33F3O2. The van der Waals surface area contributed by atoms with Crippen molar-refractivity contribution in [2.24, 2.45) is 34.5 Å². The zero-order chi connectivity index (χ0) is 19.0. The molecule has 4 rings (SSSR count). The molecule has 8 atom stereocenters. The lowest BCUT2D eigenvalue weighted by Crippen LogP contribution is -2.59. The van der Waals surface area contributed by atoms with Crippen LogP contribution in [0.1, 0.15) is 71.6 Å². The normalized spacial score (nSPS) is 54.3. The Kier molecular flexibility index (Phi) is 4.29. The number of hydrogen-bond donors (Lipinski definition) is 1. The fourth-order valence-corrected chi connectivity index (χ4v) is 7.84. The summed E-state index contributed by atoms with van der Waals surface area (Å²) in [5.41, 5.74) is -2.28. The lowest BCUT2D eigenvalue weighted by atomic mass is 9.44. The maximum atomic E-state index is 13.4. The molecular weight excluding hydrogens is 341 g/mol. The van der Waals surface area contributed by atoms with E-state index in [1.54, 1.807) is 0 Å². The largest absolute Gasteiger partial charge is 0.417 e. The van der Waals surface area contributed by atoms with Gasteiger partial charge in [-0.15, -0.1) is 0 Å². The molecule has 0 aromatic rings. The first-order valence-electron chi connectivity index (χ1n) is 10.4. The lowest BCUT2D eigenvalue weighted by Gasteiger charge is -2.62. The SMILES string of the molecule is CO[C@H]1CCC2C3CCC4C[C@@](O)(C(F)(F)F)CC[C@]4(C)C3CC[C@@]21C. The molecule has 4 fully saturated rings. The highest BCUT2D eigenvalue weighted by molar-refractivity contribution is 5.11. The molecule has 4 aliphatic rings. The third-order valence-electron chi connectivity index (χ3n) is 9.45. The van der Waals surface area contributed by atoms with Gasteiger partial charge in [-0.1, -0.05) is 13.8 Å². The van der Waals surface area contributed by atoms with Gasteiger partial charge in [0.1, 0.15) is 0 Å². The van der Waals surface area contributed by atoms with E-state index >= 15 is 0 Å². The van der Waals surface area contributed by atoms with Crippen LogP contribution in [0.4, 0.5) is 13.2 Å². The second-order valence-corrected chi connectivity index (χ2v) is 10.2. The van der Waals surface area contributed by atoms with Crippen LogP contribution in [0.5, 0.6) is 0 Å². The summed E-state index contributed by atoms with van der Waals surface area (Å²) < 4.78 is 46.0. The van der Waals surface area contributed by atoms with Crippen LogP contribution in [-0.2, 0) is 4.74 Å². The van der Waals surface area contributed by atoms with Crippen molar-refractivity contribution >= 4 is 0 Å². The Bertz CT molecular complexity index is 564. The number of methoxy groups -OCH3 is 1. The molecule has 4 unspecified atom stereocenters. The van der Waals surface area contributed by atoms with Crippen molar-refractivity contribution in [3.63, 3.8) is 0 Å². The van der Waals surface area contributed by atoms with Crippen LogP contribution in [-0.4, -0.2) is 30.1 Å². The van der Waals surface area contributed by atoms with E-state index in [0.29, 0.717) is 30.3 Å². The van der Waals surface area contributed by atoms with E-state index in [-0.39, 0.29) is 29.6 Å². The van der Waals surface area contributed by atoms with E-state index in [9.17, 15) is 18.3 Å². The number of fused-ring (bicyclic) bond motifs is 5. The molecule has 4 aliphatic carbocycles. The third kappa shape index (κ3) is 2.45. The number of alkyl halides is 3. The van der Waals surface area contributed by atoms with Gasteiger partial charge in [0.25, 0.3) is 0 Å². The van der Waals surface area contributed by atoms with Gasteiger partial charge >= 0.3 is 6.18 Å². The number of ether oxygens (including phenoxy) is 1. The highest BCUT2D eigenvalue weighted by Crippen LogP contribution is 2.67. The molecule has 0 amide bonds. The molecule has 4 saturated carbocycles. The van der Waals surface area contributed by atoms with E-state index < -0.39 is 11.8 Å². The quantitative estimate of drug-likeness (QED) is 0.671. The first kappa shape index (κ1) is 19.0. The van der Waals surface area contributed by atoms with Crippen molar-refractivity contribution in [2.45, 2.75) is 89.5 Å². The smallest absolute Gasteiger partial charge is 0.381 e. The first-order chi connectivity index (χ1) is 12.1. The lowest BCUT2D eigenvalue weighted by molar-refractivity contribution is -0.290. The summed E-state index contributed by atoms with van der Waals surface area (Å²) in [7, 11) is 1.82. The minimum absolute atomic E-state index is 0.00638. The average Bonchev–Trinajstić information content (AvgIpc) is 2.91. The van der Waals surface area contributed by atoms with Crippen molar-refractivity contribution in [3.8, 4) is 0 Å². The Balaban J connectivity index is 1.58. The molecule has 2 nitrogen and oxygen atoms in total. The van der Waals surface area contributed by atoms with Gasteiger partial charge in [0.2, 0.25) is 0 Å². The summed E-state index contributed by atoms with van der Waals surface area (Å²) in [4.78, 5) is 0. The van der Waals surface area contributed by atoms with Gasteiger partial charge in [-0.2, -0.15) is 13.2 Å². The van der Waals surface area contributed by atoms with Crippen LogP contribution >= 0.6 is 0 Å². The minimum Gasteiger partial charge on any atom is -0.381 e.